The second-order valence-electron chi connectivity index (χ2n) is 7.22. The van der Waals surface area contributed by atoms with Gasteiger partial charge in [-0.05, 0) is 19.1 Å². The first kappa shape index (κ1) is 17.6. The Morgan fingerprint density at radius 3 is 2.14 bits per heavy atom. The van der Waals surface area contributed by atoms with E-state index in [0.717, 1.165) is 65.8 Å². The lowest BCUT2D eigenvalue weighted by molar-refractivity contribution is 0.639. The van der Waals surface area contributed by atoms with Crippen molar-refractivity contribution in [3.05, 3.63) is 72.7 Å². The molecule has 6 nitrogen and oxygen atoms in total. The topological polar surface area (TPSA) is 58.0 Å². The highest BCUT2D eigenvalue weighted by Gasteiger charge is 2.21. The van der Waals surface area contributed by atoms with Gasteiger partial charge in [0, 0.05) is 37.8 Å². The molecular weight excluding hydrogens is 360 g/mol. The smallest absolute Gasteiger partial charge is 0.150 e. The number of hydrogen-bond acceptors (Lipinski definition) is 6. The van der Waals surface area contributed by atoms with Crippen molar-refractivity contribution in [2.24, 2.45) is 0 Å². The van der Waals surface area contributed by atoms with Crippen LogP contribution >= 0.6 is 0 Å². The molecule has 0 spiro atoms. The minimum absolute atomic E-state index is 0.887. The van der Waals surface area contributed by atoms with E-state index >= 15 is 0 Å². The Kier molecular flexibility index (Phi) is 4.52. The van der Waals surface area contributed by atoms with Crippen molar-refractivity contribution in [2.45, 2.75) is 6.92 Å². The van der Waals surface area contributed by atoms with Crippen LogP contribution in [0.4, 0.5) is 11.6 Å². The summed E-state index contributed by atoms with van der Waals surface area (Å²) in [6, 6.07) is 20.3. The predicted octanol–water partition coefficient (Wildman–Crippen LogP) is 3.72. The molecule has 144 valence electrons. The van der Waals surface area contributed by atoms with Gasteiger partial charge in [0.05, 0.1) is 22.4 Å². The summed E-state index contributed by atoms with van der Waals surface area (Å²) < 4.78 is 0. The van der Waals surface area contributed by atoms with Gasteiger partial charge in [-0.1, -0.05) is 42.5 Å². The molecule has 1 fully saturated rings. The molecule has 3 heterocycles. The fourth-order valence-corrected chi connectivity index (χ4v) is 3.81. The fourth-order valence-electron chi connectivity index (χ4n) is 3.81. The number of benzene rings is 2. The van der Waals surface area contributed by atoms with Gasteiger partial charge in [-0.15, -0.1) is 0 Å². The number of aromatic nitrogens is 4. The highest BCUT2D eigenvalue weighted by atomic mass is 15.3. The van der Waals surface area contributed by atoms with E-state index in [2.05, 4.69) is 38.0 Å². The molecule has 0 saturated carbocycles. The molecule has 0 radical (unpaired) electrons. The first-order chi connectivity index (χ1) is 14.3. The average Bonchev–Trinajstić information content (AvgIpc) is 2.79. The Balaban J connectivity index is 1.34. The molecule has 6 heteroatoms. The third-order valence-corrected chi connectivity index (χ3v) is 5.35. The van der Waals surface area contributed by atoms with Gasteiger partial charge < -0.3 is 9.80 Å². The zero-order valence-corrected chi connectivity index (χ0v) is 16.4. The zero-order chi connectivity index (χ0) is 19.6. The number of rotatable bonds is 3. The van der Waals surface area contributed by atoms with Gasteiger partial charge in [-0.25, -0.2) is 19.9 Å². The van der Waals surface area contributed by atoms with Crippen LogP contribution in [0.15, 0.2) is 67.0 Å². The maximum atomic E-state index is 4.87. The fraction of sp³-hybridized carbons (Fsp3) is 0.217. The second-order valence-corrected chi connectivity index (χ2v) is 7.22. The van der Waals surface area contributed by atoms with E-state index < -0.39 is 0 Å². The quantitative estimate of drug-likeness (QED) is 0.538. The first-order valence-corrected chi connectivity index (χ1v) is 9.89. The summed E-state index contributed by atoms with van der Waals surface area (Å²) in [5.74, 6) is 1.95. The molecule has 0 bridgehead atoms. The number of aryl methyl sites for hydroxylation is 1. The maximum absolute atomic E-state index is 4.87. The molecule has 5 rings (SSSR count). The molecule has 1 saturated heterocycles. The second kappa shape index (κ2) is 7.47. The van der Waals surface area contributed by atoms with Gasteiger partial charge in [0.25, 0.3) is 0 Å². The number of para-hydroxylation sites is 2. The molecule has 1 aliphatic heterocycles. The van der Waals surface area contributed by atoms with Crippen molar-refractivity contribution in [3.8, 4) is 11.3 Å². The lowest BCUT2D eigenvalue weighted by atomic mass is 10.1. The van der Waals surface area contributed by atoms with Gasteiger partial charge in [0.1, 0.15) is 12.1 Å². The Labute approximate surface area is 169 Å². The van der Waals surface area contributed by atoms with Crippen LogP contribution in [0.1, 0.15) is 5.69 Å². The number of hydrogen-bond donors (Lipinski definition) is 0. The van der Waals surface area contributed by atoms with Gasteiger partial charge in [-0.2, -0.15) is 0 Å². The molecular formula is C23H22N6. The average molecular weight is 382 g/mol. The Hall–Kier alpha value is -3.54. The van der Waals surface area contributed by atoms with Gasteiger partial charge in [0.15, 0.2) is 5.82 Å². The summed E-state index contributed by atoms with van der Waals surface area (Å²) in [6.07, 6.45) is 1.66. The first-order valence-electron chi connectivity index (χ1n) is 9.89. The molecule has 29 heavy (non-hydrogen) atoms. The van der Waals surface area contributed by atoms with Crippen LogP contribution in [-0.4, -0.2) is 46.1 Å². The van der Waals surface area contributed by atoms with Crippen LogP contribution in [0.3, 0.4) is 0 Å². The molecule has 0 amide bonds. The molecule has 1 aliphatic rings. The normalized spacial score (nSPS) is 14.4. The summed E-state index contributed by atoms with van der Waals surface area (Å²) in [4.78, 5) is 23.2. The van der Waals surface area contributed by atoms with Crippen molar-refractivity contribution >= 4 is 22.7 Å². The minimum atomic E-state index is 0.887. The molecule has 0 aliphatic carbocycles. The standard InChI is InChI=1S/C23H22N6/c1-17-23(27-20-10-6-5-9-19(20)26-17)29-13-11-28(12-14-29)22-15-21(24-16-25-22)18-7-3-2-4-8-18/h2-10,15-16H,11-14H2,1H3. The van der Waals surface area contributed by atoms with Gasteiger partial charge in [-0.3, -0.25) is 0 Å². The van der Waals surface area contributed by atoms with Crippen LogP contribution in [0.5, 0.6) is 0 Å². The van der Waals surface area contributed by atoms with E-state index in [9.17, 15) is 0 Å². The lowest BCUT2D eigenvalue weighted by Crippen LogP contribution is -2.47. The summed E-state index contributed by atoms with van der Waals surface area (Å²) in [5.41, 5.74) is 4.93. The van der Waals surface area contributed by atoms with Crippen LogP contribution in [0.25, 0.3) is 22.3 Å². The Bertz CT molecular complexity index is 1140. The molecule has 0 unspecified atom stereocenters. The van der Waals surface area contributed by atoms with E-state index in [4.69, 9.17) is 9.97 Å². The van der Waals surface area contributed by atoms with E-state index in [1.807, 2.05) is 49.4 Å². The van der Waals surface area contributed by atoms with Crippen LogP contribution in [0.2, 0.25) is 0 Å². The maximum Gasteiger partial charge on any atom is 0.150 e. The highest BCUT2D eigenvalue weighted by Crippen LogP contribution is 2.24. The zero-order valence-electron chi connectivity index (χ0n) is 16.4. The monoisotopic (exact) mass is 382 g/mol. The summed E-state index contributed by atoms with van der Waals surface area (Å²) in [7, 11) is 0. The highest BCUT2D eigenvalue weighted by molar-refractivity contribution is 5.76. The molecule has 4 aromatic rings. The number of piperazine rings is 1. The van der Waals surface area contributed by atoms with Crippen molar-refractivity contribution in [2.75, 3.05) is 36.0 Å². The van der Waals surface area contributed by atoms with Crippen LogP contribution in [-0.2, 0) is 0 Å². The Morgan fingerprint density at radius 1 is 0.724 bits per heavy atom. The van der Waals surface area contributed by atoms with Crippen molar-refractivity contribution < 1.29 is 0 Å². The predicted molar refractivity (Wildman–Crippen MR) is 116 cm³/mol. The van der Waals surface area contributed by atoms with Crippen LogP contribution in [0, 0.1) is 6.92 Å². The molecule has 2 aromatic carbocycles. The van der Waals surface area contributed by atoms with E-state index in [1.54, 1.807) is 6.33 Å². The van der Waals surface area contributed by atoms with Crippen molar-refractivity contribution in [1.82, 2.24) is 19.9 Å². The largest absolute Gasteiger partial charge is 0.353 e. The number of fused-ring (bicyclic) bond motifs is 1. The van der Waals surface area contributed by atoms with Crippen molar-refractivity contribution in [1.29, 1.82) is 0 Å². The SMILES string of the molecule is Cc1nc2ccccc2nc1N1CCN(c2cc(-c3ccccc3)ncn2)CC1. The summed E-state index contributed by atoms with van der Waals surface area (Å²) >= 11 is 0. The number of anilines is 2. The van der Waals surface area contributed by atoms with E-state index in [1.165, 1.54) is 0 Å². The van der Waals surface area contributed by atoms with Crippen molar-refractivity contribution in [3.63, 3.8) is 0 Å². The van der Waals surface area contributed by atoms with E-state index in [0.29, 0.717) is 0 Å². The molecule has 0 N–H and O–H groups in total. The van der Waals surface area contributed by atoms with Gasteiger partial charge >= 0.3 is 0 Å². The minimum Gasteiger partial charge on any atom is -0.353 e. The molecule has 2 aromatic heterocycles. The van der Waals surface area contributed by atoms with Gasteiger partial charge in [0.2, 0.25) is 0 Å². The number of nitrogens with zero attached hydrogens (tertiary/aromatic N) is 6. The van der Waals surface area contributed by atoms with E-state index in [-0.39, 0.29) is 0 Å². The summed E-state index contributed by atoms with van der Waals surface area (Å²) in [6.45, 7) is 5.59. The van der Waals surface area contributed by atoms with Crippen LogP contribution < -0.4 is 9.80 Å². The Morgan fingerprint density at radius 2 is 1.38 bits per heavy atom. The lowest BCUT2D eigenvalue weighted by Gasteiger charge is -2.36. The third-order valence-electron chi connectivity index (χ3n) is 5.35. The third kappa shape index (κ3) is 3.49. The summed E-state index contributed by atoms with van der Waals surface area (Å²) in [5, 5.41) is 0. The molecule has 0 atom stereocenters.